The number of aryl methyl sites for hydroxylation is 1. The van der Waals surface area contributed by atoms with Crippen molar-refractivity contribution in [1.29, 1.82) is 0 Å². The predicted molar refractivity (Wildman–Crippen MR) is 74.8 cm³/mol. The molecule has 6 nitrogen and oxygen atoms in total. The number of carboxylic acid groups (broad SMARTS) is 1. The first-order valence-corrected chi connectivity index (χ1v) is 6.27. The van der Waals surface area contributed by atoms with Crippen LogP contribution in [0.2, 0.25) is 0 Å². The molecule has 0 fully saturated rings. The molecule has 2 aromatic rings. The molecule has 0 aliphatic carbocycles. The summed E-state index contributed by atoms with van der Waals surface area (Å²) in [7, 11) is 0. The molecular formula is C14H17N3O3. The van der Waals surface area contributed by atoms with E-state index in [9.17, 15) is 9.59 Å². The standard InChI is InChI=1S/C14H17N3O3/c1-9-4-5-17-11(6-9)16-10(7-12(17)18)8-15-14(2,3)13(19)20/h4-7,15H,8H2,1-3H3,(H,19,20). The van der Waals surface area contributed by atoms with Gasteiger partial charge in [0.05, 0.1) is 5.69 Å². The maximum absolute atomic E-state index is 11.9. The maximum atomic E-state index is 11.9. The number of rotatable bonds is 4. The zero-order valence-electron chi connectivity index (χ0n) is 11.7. The van der Waals surface area contributed by atoms with Gasteiger partial charge >= 0.3 is 5.97 Å². The van der Waals surface area contributed by atoms with Crippen LogP contribution in [0, 0.1) is 6.92 Å². The van der Waals surface area contributed by atoms with Gasteiger partial charge in [0.15, 0.2) is 0 Å². The van der Waals surface area contributed by atoms with Crippen LogP contribution < -0.4 is 10.9 Å². The fraction of sp³-hybridized carbons (Fsp3) is 0.357. The largest absolute Gasteiger partial charge is 0.480 e. The highest BCUT2D eigenvalue weighted by molar-refractivity contribution is 5.77. The van der Waals surface area contributed by atoms with Crippen molar-refractivity contribution < 1.29 is 9.90 Å². The molecule has 0 aliphatic heterocycles. The molecule has 0 bridgehead atoms. The van der Waals surface area contributed by atoms with E-state index < -0.39 is 11.5 Å². The van der Waals surface area contributed by atoms with Crippen LogP contribution in [0.15, 0.2) is 29.2 Å². The number of carbonyl (C=O) groups is 1. The summed E-state index contributed by atoms with van der Waals surface area (Å²) >= 11 is 0. The van der Waals surface area contributed by atoms with Crippen molar-refractivity contribution in [2.45, 2.75) is 32.9 Å². The Morgan fingerprint density at radius 1 is 1.45 bits per heavy atom. The van der Waals surface area contributed by atoms with Crippen molar-refractivity contribution in [2.24, 2.45) is 0 Å². The molecule has 106 valence electrons. The third-order valence-corrected chi connectivity index (χ3v) is 3.12. The van der Waals surface area contributed by atoms with Crippen molar-refractivity contribution in [2.75, 3.05) is 0 Å². The van der Waals surface area contributed by atoms with E-state index in [1.807, 2.05) is 19.1 Å². The summed E-state index contributed by atoms with van der Waals surface area (Å²) in [5, 5.41) is 11.9. The Kier molecular flexibility index (Phi) is 3.59. The van der Waals surface area contributed by atoms with E-state index in [0.29, 0.717) is 11.3 Å². The van der Waals surface area contributed by atoms with Crippen molar-refractivity contribution in [3.8, 4) is 0 Å². The van der Waals surface area contributed by atoms with Crippen LogP contribution in [-0.4, -0.2) is 26.0 Å². The molecule has 0 saturated carbocycles. The number of carboxylic acids is 1. The first kappa shape index (κ1) is 14.2. The summed E-state index contributed by atoms with van der Waals surface area (Å²) in [4.78, 5) is 27.3. The number of pyridine rings is 1. The molecule has 6 heteroatoms. The van der Waals surface area contributed by atoms with Gasteiger partial charge in [-0.3, -0.25) is 19.3 Å². The van der Waals surface area contributed by atoms with Gasteiger partial charge in [-0.1, -0.05) is 0 Å². The monoisotopic (exact) mass is 275 g/mol. The third-order valence-electron chi connectivity index (χ3n) is 3.12. The minimum Gasteiger partial charge on any atom is -0.480 e. The van der Waals surface area contributed by atoms with Gasteiger partial charge in [0.2, 0.25) is 0 Å². The Bertz CT molecular complexity index is 719. The van der Waals surface area contributed by atoms with Crippen LogP contribution in [0.1, 0.15) is 25.1 Å². The Balaban J connectivity index is 2.32. The lowest BCUT2D eigenvalue weighted by Gasteiger charge is -2.20. The second-order valence-electron chi connectivity index (χ2n) is 5.30. The molecule has 0 aliphatic rings. The van der Waals surface area contributed by atoms with Crippen LogP contribution in [0.25, 0.3) is 5.65 Å². The summed E-state index contributed by atoms with van der Waals surface area (Å²) in [6.07, 6.45) is 1.68. The molecule has 2 aromatic heterocycles. The van der Waals surface area contributed by atoms with Crippen molar-refractivity contribution in [1.82, 2.24) is 14.7 Å². The number of aliphatic carboxylic acids is 1. The zero-order valence-corrected chi connectivity index (χ0v) is 11.7. The summed E-state index contributed by atoms with van der Waals surface area (Å²) < 4.78 is 1.46. The molecule has 0 spiro atoms. The summed E-state index contributed by atoms with van der Waals surface area (Å²) in [5.41, 5.74) is 0.838. The van der Waals surface area contributed by atoms with E-state index in [0.717, 1.165) is 5.56 Å². The van der Waals surface area contributed by atoms with E-state index in [1.54, 1.807) is 20.0 Å². The number of nitrogens with one attached hydrogen (secondary N) is 1. The lowest BCUT2D eigenvalue weighted by molar-refractivity contribution is -0.143. The van der Waals surface area contributed by atoms with Gasteiger partial charge in [0.25, 0.3) is 5.56 Å². The van der Waals surface area contributed by atoms with Gasteiger partial charge < -0.3 is 5.11 Å². The van der Waals surface area contributed by atoms with Crippen molar-refractivity contribution in [3.63, 3.8) is 0 Å². The maximum Gasteiger partial charge on any atom is 0.323 e. The van der Waals surface area contributed by atoms with Gasteiger partial charge in [-0.25, -0.2) is 4.98 Å². The number of hydrogen-bond acceptors (Lipinski definition) is 4. The van der Waals surface area contributed by atoms with E-state index in [-0.39, 0.29) is 12.1 Å². The molecule has 2 N–H and O–H groups in total. The van der Waals surface area contributed by atoms with E-state index in [2.05, 4.69) is 10.3 Å². The number of aromatic nitrogens is 2. The molecule has 20 heavy (non-hydrogen) atoms. The molecule has 2 rings (SSSR count). The average Bonchev–Trinajstić information content (AvgIpc) is 2.35. The van der Waals surface area contributed by atoms with Gasteiger partial charge in [-0.15, -0.1) is 0 Å². The van der Waals surface area contributed by atoms with E-state index >= 15 is 0 Å². The molecule has 0 unspecified atom stereocenters. The highest BCUT2D eigenvalue weighted by atomic mass is 16.4. The quantitative estimate of drug-likeness (QED) is 0.868. The van der Waals surface area contributed by atoms with Crippen LogP contribution in [-0.2, 0) is 11.3 Å². The number of fused-ring (bicyclic) bond motifs is 1. The van der Waals surface area contributed by atoms with Crippen LogP contribution in [0.4, 0.5) is 0 Å². The van der Waals surface area contributed by atoms with Gasteiger partial charge in [-0.05, 0) is 38.5 Å². The first-order chi connectivity index (χ1) is 9.29. The second kappa shape index (κ2) is 5.05. The fourth-order valence-electron chi connectivity index (χ4n) is 1.73. The highest BCUT2D eigenvalue weighted by Crippen LogP contribution is 2.06. The van der Waals surface area contributed by atoms with Crippen molar-refractivity contribution >= 4 is 11.6 Å². The fourth-order valence-corrected chi connectivity index (χ4v) is 1.73. The van der Waals surface area contributed by atoms with Crippen LogP contribution >= 0.6 is 0 Å². The minimum absolute atomic E-state index is 0.181. The second-order valence-corrected chi connectivity index (χ2v) is 5.30. The van der Waals surface area contributed by atoms with Gasteiger partial charge in [-0.2, -0.15) is 0 Å². The molecular weight excluding hydrogens is 258 g/mol. The molecule has 0 saturated heterocycles. The highest BCUT2D eigenvalue weighted by Gasteiger charge is 2.26. The summed E-state index contributed by atoms with van der Waals surface area (Å²) in [6.45, 7) is 5.27. The van der Waals surface area contributed by atoms with Crippen LogP contribution in [0.3, 0.4) is 0 Å². The van der Waals surface area contributed by atoms with Gasteiger partial charge in [0, 0.05) is 18.8 Å². The molecule has 0 aromatic carbocycles. The average molecular weight is 275 g/mol. The SMILES string of the molecule is Cc1ccn2c(=O)cc(CNC(C)(C)C(=O)O)nc2c1. The lowest BCUT2D eigenvalue weighted by atomic mass is 10.1. The Morgan fingerprint density at radius 2 is 2.15 bits per heavy atom. The number of hydrogen-bond donors (Lipinski definition) is 2. The van der Waals surface area contributed by atoms with E-state index in [4.69, 9.17) is 5.11 Å². The molecule has 0 amide bonds. The molecule has 0 atom stereocenters. The summed E-state index contributed by atoms with van der Waals surface area (Å²) in [6, 6.07) is 5.06. The normalized spacial score (nSPS) is 11.8. The summed E-state index contributed by atoms with van der Waals surface area (Å²) in [5.74, 6) is -0.953. The minimum atomic E-state index is -1.07. The topological polar surface area (TPSA) is 83.7 Å². The third kappa shape index (κ3) is 2.85. The lowest BCUT2D eigenvalue weighted by Crippen LogP contribution is -2.46. The Labute approximate surface area is 116 Å². The first-order valence-electron chi connectivity index (χ1n) is 6.27. The number of nitrogens with zero attached hydrogens (tertiary/aromatic N) is 2. The Hall–Kier alpha value is -2.21. The molecule has 2 heterocycles. The van der Waals surface area contributed by atoms with Gasteiger partial charge in [0.1, 0.15) is 11.2 Å². The van der Waals surface area contributed by atoms with E-state index in [1.165, 1.54) is 10.5 Å². The smallest absolute Gasteiger partial charge is 0.323 e. The van der Waals surface area contributed by atoms with Crippen molar-refractivity contribution in [3.05, 3.63) is 46.0 Å². The zero-order chi connectivity index (χ0) is 14.9. The van der Waals surface area contributed by atoms with Crippen LogP contribution in [0.5, 0.6) is 0 Å². The Morgan fingerprint density at radius 3 is 2.80 bits per heavy atom. The molecule has 0 radical (unpaired) electrons. The predicted octanol–water partition coefficient (Wildman–Crippen LogP) is 0.956.